The van der Waals surface area contributed by atoms with Gasteiger partial charge in [-0.3, -0.25) is 0 Å². The second-order valence-corrected chi connectivity index (χ2v) is 4.06. The Morgan fingerprint density at radius 1 is 1.00 bits per heavy atom. The molecule has 0 radical (unpaired) electrons. The summed E-state index contributed by atoms with van der Waals surface area (Å²) >= 11 is 0. The quantitative estimate of drug-likeness (QED) is 0.719. The van der Waals surface area contributed by atoms with Crippen LogP contribution >= 0.6 is 0 Å². The number of benzene rings is 2. The molecule has 2 rings (SSSR count). The maximum atomic E-state index is 13.7. The predicted molar refractivity (Wildman–Crippen MR) is 63.3 cm³/mol. The SMILES string of the molecule is Cc1ccc(-c2cccc(OC(F)(F)F)c2)c(F)c1. The van der Waals surface area contributed by atoms with Crippen molar-refractivity contribution in [2.45, 2.75) is 13.3 Å². The van der Waals surface area contributed by atoms with E-state index in [1.807, 2.05) is 0 Å². The van der Waals surface area contributed by atoms with Crippen LogP contribution in [0.25, 0.3) is 11.1 Å². The summed E-state index contributed by atoms with van der Waals surface area (Å²) in [6.45, 7) is 1.73. The first kappa shape index (κ1) is 13.4. The molecule has 2 aromatic rings. The van der Waals surface area contributed by atoms with E-state index in [1.54, 1.807) is 13.0 Å². The zero-order valence-electron chi connectivity index (χ0n) is 9.96. The molecule has 0 atom stereocenters. The van der Waals surface area contributed by atoms with Crippen molar-refractivity contribution in [2.24, 2.45) is 0 Å². The van der Waals surface area contributed by atoms with Gasteiger partial charge in [0.15, 0.2) is 0 Å². The second-order valence-electron chi connectivity index (χ2n) is 4.06. The number of hydrogen-bond donors (Lipinski definition) is 0. The molecule has 0 bridgehead atoms. The van der Waals surface area contributed by atoms with Crippen molar-refractivity contribution < 1.29 is 22.3 Å². The molecule has 0 aromatic heterocycles. The van der Waals surface area contributed by atoms with Crippen molar-refractivity contribution in [3.8, 4) is 16.9 Å². The lowest BCUT2D eigenvalue weighted by Crippen LogP contribution is -2.17. The Bertz CT molecular complexity index is 590. The minimum Gasteiger partial charge on any atom is -0.406 e. The predicted octanol–water partition coefficient (Wildman–Crippen LogP) is 4.70. The third-order valence-corrected chi connectivity index (χ3v) is 2.50. The Labute approximate surface area is 107 Å². The highest BCUT2D eigenvalue weighted by molar-refractivity contribution is 5.66. The summed E-state index contributed by atoms with van der Waals surface area (Å²) in [6.07, 6.45) is -4.76. The molecule has 5 heteroatoms. The first-order valence-electron chi connectivity index (χ1n) is 5.47. The third-order valence-electron chi connectivity index (χ3n) is 2.50. The van der Waals surface area contributed by atoms with Crippen LogP contribution in [0.2, 0.25) is 0 Å². The standard InChI is InChI=1S/C14H10F4O/c1-9-5-6-12(13(15)7-9)10-3-2-4-11(8-10)19-14(16,17)18/h2-8H,1H3. The van der Waals surface area contributed by atoms with E-state index in [0.29, 0.717) is 5.56 Å². The van der Waals surface area contributed by atoms with Crippen molar-refractivity contribution in [3.63, 3.8) is 0 Å². The summed E-state index contributed by atoms with van der Waals surface area (Å²) < 4.78 is 53.9. The van der Waals surface area contributed by atoms with E-state index in [2.05, 4.69) is 4.74 Å². The molecular weight excluding hydrogens is 260 g/mol. The van der Waals surface area contributed by atoms with Crippen LogP contribution < -0.4 is 4.74 Å². The van der Waals surface area contributed by atoms with Crippen LogP contribution in [0.5, 0.6) is 5.75 Å². The maximum absolute atomic E-state index is 13.7. The number of hydrogen-bond acceptors (Lipinski definition) is 1. The van der Waals surface area contributed by atoms with Gasteiger partial charge in [-0.25, -0.2) is 4.39 Å². The molecule has 0 unspecified atom stereocenters. The Hall–Kier alpha value is -2.04. The Morgan fingerprint density at radius 2 is 1.74 bits per heavy atom. The first-order chi connectivity index (χ1) is 8.85. The molecule has 2 aromatic carbocycles. The molecule has 0 aliphatic rings. The number of alkyl halides is 3. The van der Waals surface area contributed by atoms with Crippen LogP contribution in [-0.2, 0) is 0 Å². The topological polar surface area (TPSA) is 9.23 Å². The monoisotopic (exact) mass is 270 g/mol. The Morgan fingerprint density at radius 3 is 2.37 bits per heavy atom. The van der Waals surface area contributed by atoms with Gasteiger partial charge in [-0.05, 0) is 36.2 Å². The van der Waals surface area contributed by atoms with Crippen molar-refractivity contribution in [3.05, 3.63) is 53.8 Å². The third kappa shape index (κ3) is 3.47. The van der Waals surface area contributed by atoms with Gasteiger partial charge in [-0.1, -0.05) is 24.3 Å². The molecule has 0 saturated heterocycles. The number of rotatable bonds is 2. The molecule has 100 valence electrons. The highest BCUT2D eigenvalue weighted by Gasteiger charge is 2.31. The smallest absolute Gasteiger partial charge is 0.406 e. The van der Waals surface area contributed by atoms with Gasteiger partial charge in [0.05, 0.1) is 0 Å². The van der Waals surface area contributed by atoms with Gasteiger partial charge < -0.3 is 4.74 Å². The molecule has 19 heavy (non-hydrogen) atoms. The Balaban J connectivity index is 2.38. The van der Waals surface area contributed by atoms with Crippen LogP contribution in [0.4, 0.5) is 17.6 Å². The van der Waals surface area contributed by atoms with Crippen LogP contribution in [0.15, 0.2) is 42.5 Å². The molecule has 0 fully saturated rings. The van der Waals surface area contributed by atoms with Gasteiger partial charge in [0.25, 0.3) is 0 Å². The van der Waals surface area contributed by atoms with Crippen molar-refractivity contribution in [1.29, 1.82) is 0 Å². The molecule has 0 amide bonds. The molecule has 0 spiro atoms. The molecule has 0 heterocycles. The normalized spacial score (nSPS) is 11.4. The molecule has 0 saturated carbocycles. The average molecular weight is 270 g/mol. The minimum atomic E-state index is -4.76. The van der Waals surface area contributed by atoms with Crippen LogP contribution in [-0.4, -0.2) is 6.36 Å². The molecule has 1 nitrogen and oxygen atoms in total. The van der Waals surface area contributed by atoms with Gasteiger partial charge in [0, 0.05) is 5.56 Å². The molecule has 0 aliphatic heterocycles. The summed E-state index contributed by atoms with van der Waals surface area (Å²) in [6, 6.07) is 9.77. The Kier molecular flexibility index (Phi) is 3.46. The largest absolute Gasteiger partial charge is 0.573 e. The summed E-state index contributed by atoms with van der Waals surface area (Å²) in [5, 5.41) is 0. The summed E-state index contributed by atoms with van der Waals surface area (Å²) in [5.74, 6) is -0.853. The van der Waals surface area contributed by atoms with E-state index in [1.165, 1.54) is 30.3 Å². The van der Waals surface area contributed by atoms with E-state index in [-0.39, 0.29) is 11.3 Å². The van der Waals surface area contributed by atoms with E-state index in [4.69, 9.17) is 0 Å². The molecule has 0 N–H and O–H groups in total. The van der Waals surface area contributed by atoms with Gasteiger partial charge in [0.2, 0.25) is 0 Å². The summed E-state index contributed by atoms with van der Waals surface area (Å²) in [5.41, 5.74) is 1.31. The summed E-state index contributed by atoms with van der Waals surface area (Å²) in [4.78, 5) is 0. The van der Waals surface area contributed by atoms with Gasteiger partial charge >= 0.3 is 6.36 Å². The molecular formula is C14H10F4O. The van der Waals surface area contributed by atoms with Gasteiger partial charge in [-0.15, -0.1) is 13.2 Å². The lowest BCUT2D eigenvalue weighted by molar-refractivity contribution is -0.274. The highest BCUT2D eigenvalue weighted by Crippen LogP contribution is 2.29. The average Bonchev–Trinajstić information content (AvgIpc) is 2.26. The fraction of sp³-hybridized carbons (Fsp3) is 0.143. The number of aryl methyl sites for hydroxylation is 1. The van der Waals surface area contributed by atoms with Gasteiger partial charge in [-0.2, -0.15) is 0 Å². The van der Waals surface area contributed by atoms with E-state index >= 15 is 0 Å². The zero-order chi connectivity index (χ0) is 14.0. The van der Waals surface area contributed by atoms with E-state index < -0.39 is 12.2 Å². The minimum absolute atomic E-state index is 0.234. The van der Waals surface area contributed by atoms with Crippen LogP contribution in [0.3, 0.4) is 0 Å². The summed E-state index contributed by atoms with van der Waals surface area (Å²) in [7, 11) is 0. The van der Waals surface area contributed by atoms with Crippen molar-refractivity contribution in [1.82, 2.24) is 0 Å². The fourth-order valence-corrected chi connectivity index (χ4v) is 1.72. The number of ether oxygens (including phenoxy) is 1. The fourth-order valence-electron chi connectivity index (χ4n) is 1.72. The van der Waals surface area contributed by atoms with Crippen molar-refractivity contribution >= 4 is 0 Å². The zero-order valence-corrected chi connectivity index (χ0v) is 9.96. The van der Waals surface area contributed by atoms with E-state index in [0.717, 1.165) is 11.6 Å². The second kappa shape index (κ2) is 4.91. The lowest BCUT2D eigenvalue weighted by atomic mass is 10.0. The highest BCUT2D eigenvalue weighted by atomic mass is 19.4. The van der Waals surface area contributed by atoms with E-state index in [9.17, 15) is 17.6 Å². The molecule has 0 aliphatic carbocycles. The maximum Gasteiger partial charge on any atom is 0.573 e. The van der Waals surface area contributed by atoms with Crippen LogP contribution in [0.1, 0.15) is 5.56 Å². The van der Waals surface area contributed by atoms with Gasteiger partial charge in [0.1, 0.15) is 11.6 Å². The van der Waals surface area contributed by atoms with Crippen molar-refractivity contribution in [2.75, 3.05) is 0 Å². The lowest BCUT2D eigenvalue weighted by Gasteiger charge is -2.10. The number of halogens is 4. The van der Waals surface area contributed by atoms with Crippen LogP contribution in [0, 0.1) is 12.7 Å². The first-order valence-corrected chi connectivity index (χ1v) is 5.47.